The van der Waals surface area contributed by atoms with Crippen LogP contribution in [0.5, 0.6) is 0 Å². The summed E-state index contributed by atoms with van der Waals surface area (Å²) >= 11 is 4.78. The van der Waals surface area contributed by atoms with Crippen LogP contribution in [0.2, 0.25) is 0 Å². The van der Waals surface area contributed by atoms with Gasteiger partial charge < -0.3 is 0 Å². The van der Waals surface area contributed by atoms with Crippen molar-refractivity contribution in [1.29, 1.82) is 0 Å². The highest BCUT2D eigenvalue weighted by atomic mass is 32.2. The van der Waals surface area contributed by atoms with Crippen molar-refractivity contribution < 1.29 is 0 Å². The van der Waals surface area contributed by atoms with Gasteiger partial charge in [-0.3, -0.25) is 13.9 Å². The minimum atomic E-state index is -0.286. The number of aromatic nitrogens is 2. The second kappa shape index (κ2) is 11.7. The van der Waals surface area contributed by atoms with Crippen LogP contribution in [0.15, 0.2) is 84.9 Å². The van der Waals surface area contributed by atoms with E-state index in [1.807, 2.05) is 66.3 Å². The molecule has 7 heteroatoms. The Balaban J connectivity index is 1.78. The number of aryl methyl sites for hydroxylation is 2. The molecule has 0 aliphatic carbocycles. The second-order valence-corrected chi connectivity index (χ2v) is 11.2. The second-order valence-electron chi connectivity index (χ2n) is 8.21. The zero-order chi connectivity index (χ0) is 24.8. The van der Waals surface area contributed by atoms with Crippen LogP contribution in [0.1, 0.15) is 33.4 Å². The van der Waals surface area contributed by atoms with Gasteiger partial charge in [0.15, 0.2) is 0 Å². The topological polar surface area (TPSA) is 44.0 Å². The van der Waals surface area contributed by atoms with E-state index in [4.69, 9.17) is 0 Å². The molecule has 0 amide bonds. The quantitative estimate of drug-likeness (QED) is 0.226. The predicted octanol–water partition coefficient (Wildman–Crippen LogP) is 6.89. The standard InChI is InChI=1S/C28H28N2O2S3/c1-4-25-26(31)29(13-5-9-22-11-7-15-33-22)28(32)30(14-6-10-23-12-8-16-34-23)27(25)35-24-18-20(2)17-21(3)19-24/h5-12,15-19H,4,13-14H2,1-3H3/b9-5+,10-6+. The van der Waals surface area contributed by atoms with Crippen LogP contribution in [0.4, 0.5) is 0 Å². The Kier molecular flexibility index (Phi) is 8.44. The molecule has 0 radical (unpaired) electrons. The van der Waals surface area contributed by atoms with Gasteiger partial charge in [0, 0.05) is 33.3 Å². The third-order valence-electron chi connectivity index (χ3n) is 5.46. The van der Waals surface area contributed by atoms with Crippen LogP contribution in [-0.4, -0.2) is 9.13 Å². The van der Waals surface area contributed by atoms with E-state index in [0.717, 1.165) is 30.8 Å². The first-order chi connectivity index (χ1) is 17.0. The first-order valence-corrected chi connectivity index (χ1v) is 14.1. The van der Waals surface area contributed by atoms with Crippen molar-refractivity contribution >= 4 is 46.6 Å². The summed E-state index contributed by atoms with van der Waals surface area (Å²) in [6.07, 6.45) is 8.42. The van der Waals surface area contributed by atoms with Gasteiger partial charge >= 0.3 is 5.69 Å². The monoisotopic (exact) mass is 520 g/mol. The van der Waals surface area contributed by atoms with Gasteiger partial charge in [-0.1, -0.05) is 49.0 Å². The van der Waals surface area contributed by atoms with Crippen molar-refractivity contribution in [1.82, 2.24) is 9.13 Å². The lowest BCUT2D eigenvalue weighted by molar-refractivity contribution is 0.568. The minimum Gasteiger partial charge on any atom is -0.283 e. The Bertz CT molecular complexity index is 1440. The number of hydrogen-bond donors (Lipinski definition) is 0. The predicted molar refractivity (Wildman–Crippen MR) is 151 cm³/mol. The highest BCUT2D eigenvalue weighted by molar-refractivity contribution is 7.99. The molecule has 4 rings (SSSR count). The van der Waals surface area contributed by atoms with Gasteiger partial charge in [0.1, 0.15) is 0 Å². The van der Waals surface area contributed by atoms with E-state index in [1.54, 1.807) is 27.2 Å². The Hall–Kier alpha value is -2.87. The molecule has 0 aliphatic rings. The molecule has 3 aromatic heterocycles. The van der Waals surface area contributed by atoms with Crippen LogP contribution in [0.3, 0.4) is 0 Å². The van der Waals surface area contributed by atoms with Crippen molar-refractivity contribution in [3.63, 3.8) is 0 Å². The summed E-state index contributed by atoms with van der Waals surface area (Å²) in [6, 6.07) is 14.4. The molecular formula is C28H28N2O2S3. The highest BCUT2D eigenvalue weighted by Gasteiger charge is 2.18. The summed E-state index contributed by atoms with van der Waals surface area (Å²) in [4.78, 5) is 30.3. The third kappa shape index (κ3) is 6.23. The molecule has 4 aromatic rings. The lowest BCUT2D eigenvalue weighted by Crippen LogP contribution is -2.42. The summed E-state index contributed by atoms with van der Waals surface area (Å²) < 4.78 is 3.10. The SMILES string of the molecule is CCc1c(Sc2cc(C)cc(C)c2)n(C/C=C/c2cccs2)c(=O)n(C/C=C/c2cccs2)c1=O. The number of rotatable bonds is 9. The average Bonchev–Trinajstić information content (AvgIpc) is 3.52. The molecular weight excluding hydrogens is 493 g/mol. The van der Waals surface area contributed by atoms with Crippen LogP contribution in [-0.2, 0) is 19.5 Å². The molecule has 1 aromatic carbocycles. The molecule has 35 heavy (non-hydrogen) atoms. The van der Waals surface area contributed by atoms with Gasteiger partial charge in [0.25, 0.3) is 5.56 Å². The van der Waals surface area contributed by atoms with Crippen molar-refractivity contribution in [2.24, 2.45) is 0 Å². The summed E-state index contributed by atoms with van der Waals surface area (Å²) in [6.45, 7) is 6.74. The fraction of sp³-hybridized carbons (Fsp3) is 0.214. The van der Waals surface area contributed by atoms with Crippen molar-refractivity contribution in [2.75, 3.05) is 0 Å². The van der Waals surface area contributed by atoms with Gasteiger partial charge in [0.2, 0.25) is 0 Å². The molecule has 0 N–H and O–H groups in total. The minimum absolute atomic E-state index is 0.210. The molecule has 3 heterocycles. The van der Waals surface area contributed by atoms with E-state index in [1.165, 1.54) is 16.3 Å². The molecule has 0 saturated carbocycles. The maximum absolute atomic E-state index is 13.6. The van der Waals surface area contributed by atoms with Gasteiger partial charge in [-0.15, -0.1) is 22.7 Å². The third-order valence-corrected chi connectivity index (χ3v) is 8.26. The zero-order valence-corrected chi connectivity index (χ0v) is 22.5. The van der Waals surface area contributed by atoms with Gasteiger partial charge in [-0.2, -0.15) is 0 Å². The number of hydrogen-bond acceptors (Lipinski definition) is 5. The largest absolute Gasteiger partial charge is 0.332 e. The normalized spacial score (nSPS) is 11.7. The fourth-order valence-electron chi connectivity index (χ4n) is 3.90. The number of nitrogens with zero attached hydrogens (tertiary/aromatic N) is 2. The first-order valence-electron chi connectivity index (χ1n) is 11.5. The van der Waals surface area contributed by atoms with E-state index in [2.05, 4.69) is 32.0 Å². The van der Waals surface area contributed by atoms with Crippen LogP contribution < -0.4 is 11.2 Å². The number of thiophene rings is 2. The molecule has 0 fully saturated rings. The molecule has 0 spiro atoms. The zero-order valence-electron chi connectivity index (χ0n) is 20.1. The molecule has 0 saturated heterocycles. The lowest BCUT2D eigenvalue weighted by atomic mass is 10.2. The lowest BCUT2D eigenvalue weighted by Gasteiger charge is -2.17. The van der Waals surface area contributed by atoms with Crippen LogP contribution in [0.25, 0.3) is 12.2 Å². The maximum atomic E-state index is 13.6. The summed E-state index contributed by atoms with van der Waals surface area (Å²) in [5.74, 6) is 0. The van der Waals surface area contributed by atoms with Gasteiger partial charge in [0.05, 0.1) is 5.03 Å². The smallest absolute Gasteiger partial charge is 0.283 e. The maximum Gasteiger partial charge on any atom is 0.332 e. The van der Waals surface area contributed by atoms with Crippen LogP contribution >= 0.6 is 34.4 Å². The first kappa shape index (κ1) is 25.2. The average molecular weight is 521 g/mol. The van der Waals surface area contributed by atoms with E-state index >= 15 is 0 Å². The Morgan fingerprint density at radius 2 is 1.43 bits per heavy atom. The Labute approximate surface area is 217 Å². The van der Waals surface area contributed by atoms with Crippen molar-refractivity contribution in [3.05, 3.63) is 113 Å². The van der Waals surface area contributed by atoms with Crippen molar-refractivity contribution in [2.45, 2.75) is 50.2 Å². The molecule has 0 aliphatic heterocycles. The summed E-state index contributed by atoms with van der Waals surface area (Å²) in [7, 11) is 0. The summed E-state index contributed by atoms with van der Waals surface area (Å²) in [5.41, 5.74) is 2.49. The summed E-state index contributed by atoms with van der Waals surface area (Å²) in [5, 5.41) is 4.76. The molecule has 0 atom stereocenters. The Morgan fingerprint density at radius 1 is 0.857 bits per heavy atom. The van der Waals surface area contributed by atoms with Crippen LogP contribution in [0, 0.1) is 13.8 Å². The number of allylic oxidation sites excluding steroid dienone is 2. The number of benzene rings is 1. The van der Waals surface area contributed by atoms with E-state index in [-0.39, 0.29) is 17.8 Å². The fourth-order valence-corrected chi connectivity index (χ4v) is 6.53. The van der Waals surface area contributed by atoms with Crippen molar-refractivity contribution in [3.8, 4) is 0 Å². The van der Waals surface area contributed by atoms with E-state index < -0.39 is 0 Å². The Morgan fingerprint density at radius 3 is 1.94 bits per heavy atom. The van der Waals surface area contributed by atoms with Gasteiger partial charge in [-0.25, -0.2) is 4.79 Å². The van der Waals surface area contributed by atoms with E-state index in [9.17, 15) is 9.59 Å². The van der Waals surface area contributed by atoms with E-state index in [0.29, 0.717) is 18.5 Å². The molecule has 0 unspecified atom stereocenters. The molecule has 0 bridgehead atoms. The molecule has 180 valence electrons. The highest BCUT2D eigenvalue weighted by Crippen LogP contribution is 2.30. The van der Waals surface area contributed by atoms with Gasteiger partial charge in [-0.05, 0) is 78.6 Å². The molecule has 4 nitrogen and oxygen atoms in total.